The van der Waals surface area contributed by atoms with Gasteiger partial charge in [-0.2, -0.15) is 0 Å². The average molecular weight is 312 g/mol. The Morgan fingerprint density at radius 1 is 1.27 bits per heavy atom. The minimum Gasteiger partial charge on any atom is -0.472 e. The number of benzene rings is 1. The molecule has 1 aromatic heterocycles. The number of anilines is 1. The minimum atomic E-state index is 0.646. The summed E-state index contributed by atoms with van der Waals surface area (Å²) in [7, 11) is 0. The monoisotopic (exact) mass is 312 g/mol. The average Bonchev–Trinajstić information content (AvgIpc) is 3.13. The second-order valence-electron chi connectivity index (χ2n) is 6.49. The number of furan rings is 1. The van der Waals surface area contributed by atoms with E-state index in [9.17, 15) is 0 Å². The Bertz CT molecular complexity index is 697. The van der Waals surface area contributed by atoms with Crippen molar-refractivity contribution in [2.24, 2.45) is 0 Å². The van der Waals surface area contributed by atoms with E-state index >= 15 is 0 Å². The largest absolute Gasteiger partial charge is 0.472 e. The second kappa shape index (κ2) is 5.07. The smallest absolute Gasteiger partial charge is 0.0980 e. The number of fused-ring (bicyclic) bond motifs is 3. The number of nitrogens with one attached hydrogen (secondary N) is 1. The van der Waals surface area contributed by atoms with E-state index in [1.165, 1.54) is 46.8 Å². The van der Waals surface area contributed by atoms with Crippen molar-refractivity contribution in [1.82, 2.24) is 5.32 Å². The van der Waals surface area contributed by atoms with Gasteiger partial charge in [0.25, 0.3) is 0 Å². The molecule has 3 nitrogen and oxygen atoms in total. The van der Waals surface area contributed by atoms with Crippen LogP contribution in [0, 0.1) is 0 Å². The summed E-state index contributed by atoms with van der Waals surface area (Å²) < 4.78 is 5.30. The fourth-order valence-corrected chi connectivity index (χ4v) is 5.40. The standard InChI is InChI=1S/C18H20N2OS/c1-5-20-16-2-4-19-10-15(16)14-8-13(12-3-6-21-11-12)9-17(18(14)20)22-7-1/h3,6,8-9,11,15-16,19H,1-2,4-5,7,10H2/t15-,16-/m1/s1. The molecule has 1 fully saturated rings. The van der Waals surface area contributed by atoms with Crippen LogP contribution >= 0.6 is 11.8 Å². The van der Waals surface area contributed by atoms with Gasteiger partial charge in [0.2, 0.25) is 0 Å². The van der Waals surface area contributed by atoms with Crippen molar-refractivity contribution in [2.45, 2.75) is 29.7 Å². The lowest BCUT2D eigenvalue weighted by atomic mass is 9.89. The molecule has 0 radical (unpaired) electrons. The van der Waals surface area contributed by atoms with Crippen molar-refractivity contribution >= 4 is 17.4 Å². The van der Waals surface area contributed by atoms with Crippen LogP contribution in [0.1, 0.15) is 24.3 Å². The van der Waals surface area contributed by atoms with Crippen LogP contribution in [-0.2, 0) is 0 Å². The maximum absolute atomic E-state index is 5.30. The number of hydrogen-bond donors (Lipinski definition) is 1. The maximum Gasteiger partial charge on any atom is 0.0980 e. The lowest BCUT2D eigenvalue weighted by Crippen LogP contribution is -2.44. The first-order valence-electron chi connectivity index (χ1n) is 8.22. The Kier molecular flexibility index (Phi) is 3.01. The third-order valence-corrected chi connectivity index (χ3v) is 6.41. The van der Waals surface area contributed by atoms with Crippen LogP contribution < -0.4 is 10.2 Å². The molecule has 114 valence electrons. The molecular weight excluding hydrogens is 292 g/mol. The van der Waals surface area contributed by atoms with E-state index in [2.05, 4.69) is 28.4 Å². The predicted molar refractivity (Wildman–Crippen MR) is 90.8 cm³/mol. The first-order chi connectivity index (χ1) is 10.9. The molecule has 0 aliphatic carbocycles. The van der Waals surface area contributed by atoms with Crippen LogP contribution in [0.2, 0.25) is 0 Å². The molecule has 2 atom stereocenters. The van der Waals surface area contributed by atoms with Crippen LogP contribution in [0.3, 0.4) is 0 Å². The minimum absolute atomic E-state index is 0.646. The third-order valence-electron chi connectivity index (χ3n) is 5.29. The highest BCUT2D eigenvalue weighted by molar-refractivity contribution is 7.99. The summed E-state index contributed by atoms with van der Waals surface area (Å²) in [6, 6.07) is 7.56. The zero-order valence-electron chi connectivity index (χ0n) is 12.5. The zero-order chi connectivity index (χ0) is 14.5. The molecule has 0 saturated carbocycles. The molecule has 22 heavy (non-hydrogen) atoms. The highest BCUT2D eigenvalue weighted by Crippen LogP contribution is 2.51. The van der Waals surface area contributed by atoms with Crippen molar-refractivity contribution in [3.8, 4) is 11.1 Å². The maximum atomic E-state index is 5.30. The number of hydrogen-bond acceptors (Lipinski definition) is 4. The molecule has 3 aliphatic heterocycles. The van der Waals surface area contributed by atoms with Gasteiger partial charge in [-0.05, 0) is 54.5 Å². The van der Waals surface area contributed by atoms with Crippen LogP contribution in [0.5, 0.6) is 0 Å². The quantitative estimate of drug-likeness (QED) is 0.869. The fraction of sp³-hybridized carbons (Fsp3) is 0.444. The van der Waals surface area contributed by atoms with Crippen LogP contribution in [0.25, 0.3) is 11.1 Å². The highest BCUT2D eigenvalue weighted by Gasteiger charge is 2.41. The number of piperidine rings is 1. The summed E-state index contributed by atoms with van der Waals surface area (Å²) in [4.78, 5) is 4.19. The molecule has 1 aromatic carbocycles. The summed E-state index contributed by atoms with van der Waals surface area (Å²) in [5, 5.41) is 3.60. The van der Waals surface area contributed by atoms with Gasteiger partial charge in [0, 0.05) is 35.5 Å². The van der Waals surface area contributed by atoms with Gasteiger partial charge in [-0.1, -0.05) is 0 Å². The molecule has 2 aromatic rings. The molecule has 5 rings (SSSR count). The molecule has 0 spiro atoms. The summed E-state index contributed by atoms with van der Waals surface area (Å²) in [5.41, 5.74) is 5.60. The topological polar surface area (TPSA) is 28.4 Å². The first-order valence-corrected chi connectivity index (χ1v) is 9.21. The van der Waals surface area contributed by atoms with E-state index < -0.39 is 0 Å². The fourth-order valence-electron chi connectivity index (χ4n) is 4.32. The number of thioether (sulfide) groups is 1. The van der Waals surface area contributed by atoms with E-state index in [0.29, 0.717) is 12.0 Å². The molecule has 0 bridgehead atoms. The molecule has 4 heteroatoms. The van der Waals surface area contributed by atoms with Gasteiger partial charge in [-0.3, -0.25) is 0 Å². The molecule has 3 aliphatic rings. The molecule has 0 unspecified atom stereocenters. The van der Waals surface area contributed by atoms with Gasteiger partial charge >= 0.3 is 0 Å². The highest BCUT2D eigenvalue weighted by atomic mass is 32.2. The Morgan fingerprint density at radius 3 is 3.18 bits per heavy atom. The molecule has 1 saturated heterocycles. The Hall–Kier alpha value is -1.39. The van der Waals surface area contributed by atoms with Crippen molar-refractivity contribution in [2.75, 3.05) is 30.3 Å². The van der Waals surface area contributed by atoms with Crippen LogP contribution in [-0.4, -0.2) is 31.4 Å². The van der Waals surface area contributed by atoms with E-state index in [-0.39, 0.29) is 0 Å². The van der Waals surface area contributed by atoms with Crippen molar-refractivity contribution in [1.29, 1.82) is 0 Å². The van der Waals surface area contributed by atoms with Gasteiger partial charge in [-0.15, -0.1) is 11.8 Å². The lowest BCUT2D eigenvalue weighted by Gasteiger charge is -2.33. The number of nitrogens with zero attached hydrogens (tertiary/aromatic N) is 1. The Balaban J connectivity index is 1.70. The Morgan fingerprint density at radius 2 is 2.27 bits per heavy atom. The van der Waals surface area contributed by atoms with Gasteiger partial charge in [-0.25, -0.2) is 0 Å². The summed E-state index contributed by atoms with van der Waals surface area (Å²) >= 11 is 2.03. The second-order valence-corrected chi connectivity index (χ2v) is 7.62. The summed E-state index contributed by atoms with van der Waals surface area (Å²) in [5.74, 6) is 1.88. The van der Waals surface area contributed by atoms with E-state index in [1.807, 2.05) is 18.0 Å². The number of rotatable bonds is 1. The van der Waals surface area contributed by atoms with E-state index in [4.69, 9.17) is 4.42 Å². The van der Waals surface area contributed by atoms with Crippen molar-refractivity contribution in [3.63, 3.8) is 0 Å². The van der Waals surface area contributed by atoms with E-state index in [0.717, 1.165) is 13.1 Å². The summed E-state index contributed by atoms with van der Waals surface area (Å²) in [6.45, 7) is 3.50. The first kappa shape index (κ1) is 13.1. The van der Waals surface area contributed by atoms with Crippen LogP contribution in [0.4, 0.5) is 5.69 Å². The van der Waals surface area contributed by atoms with Gasteiger partial charge < -0.3 is 14.6 Å². The predicted octanol–water partition coefficient (Wildman–Crippen LogP) is 3.71. The molecule has 0 amide bonds. The molecule has 4 heterocycles. The van der Waals surface area contributed by atoms with E-state index in [1.54, 1.807) is 11.8 Å². The van der Waals surface area contributed by atoms with Gasteiger partial charge in [0.1, 0.15) is 0 Å². The molecule has 1 N–H and O–H groups in total. The van der Waals surface area contributed by atoms with Gasteiger partial charge in [0.05, 0.1) is 18.2 Å². The summed E-state index contributed by atoms with van der Waals surface area (Å²) in [6.07, 6.45) is 6.19. The SMILES string of the molecule is c1cc(-c2cc3c4c(c2)[C@H]2CNCC[C@H]2N4CCCS3)co1. The van der Waals surface area contributed by atoms with Crippen molar-refractivity contribution in [3.05, 3.63) is 36.3 Å². The lowest BCUT2D eigenvalue weighted by molar-refractivity contribution is 0.403. The van der Waals surface area contributed by atoms with Gasteiger partial charge in [0.15, 0.2) is 0 Å². The van der Waals surface area contributed by atoms with Crippen molar-refractivity contribution < 1.29 is 4.42 Å². The van der Waals surface area contributed by atoms with Crippen LogP contribution in [0.15, 0.2) is 40.0 Å². The zero-order valence-corrected chi connectivity index (χ0v) is 13.4. The normalized spacial score (nSPS) is 26.5. The molecular formula is C18H20N2OS. The third kappa shape index (κ3) is 1.87. The Labute approximate surface area is 135 Å².